The lowest BCUT2D eigenvalue weighted by atomic mass is 10.2. The number of amides is 4. The second-order valence-corrected chi connectivity index (χ2v) is 7.45. The second-order valence-electron chi connectivity index (χ2n) is 6.54. The molecule has 0 radical (unpaired) electrons. The number of hydrogen-bond acceptors (Lipinski definition) is 3. The molecule has 146 valence electrons. The number of piperazine rings is 1. The molecule has 2 N–H and O–H groups in total. The summed E-state index contributed by atoms with van der Waals surface area (Å²) >= 11 is 3.34. The fourth-order valence-electron chi connectivity index (χ4n) is 2.86. The Bertz CT molecular complexity index is 885. The molecule has 0 atom stereocenters. The number of carbonyl (C=O) groups is 3. The monoisotopic (exact) mass is 444 g/mol. The molecule has 1 aliphatic heterocycles. The quantitative estimate of drug-likeness (QED) is 0.759. The SMILES string of the molecule is Cc1ccccc1NC(=O)CN1CCN(C(=O)Nc2ccc(Br)cc2)CC1=O. The molecule has 0 unspecified atom stereocenters. The topological polar surface area (TPSA) is 81.8 Å². The van der Waals surface area contributed by atoms with Crippen LogP contribution < -0.4 is 10.6 Å². The van der Waals surface area contributed by atoms with Crippen LogP contribution in [0.25, 0.3) is 0 Å². The van der Waals surface area contributed by atoms with Gasteiger partial charge in [0.2, 0.25) is 11.8 Å². The van der Waals surface area contributed by atoms with E-state index < -0.39 is 0 Å². The number of benzene rings is 2. The molecule has 1 saturated heterocycles. The van der Waals surface area contributed by atoms with Gasteiger partial charge < -0.3 is 20.4 Å². The third-order valence-electron chi connectivity index (χ3n) is 4.45. The van der Waals surface area contributed by atoms with Gasteiger partial charge in [0.05, 0.1) is 6.54 Å². The summed E-state index contributed by atoms with van der Waals surface area (Å²) in [6, 6.07) is 14.3. The molecule has 28 heavy (non-hydrogen) atoms. The van der Waals surface area contributed by atoms with Crippen LogP contribution in [0.2, 0.25) is 0 Å². The number of urea groups is 1. The minimum atomic E-state index is -0.334. The third kappa shape index (κ3) is 5.10. The first-order valence-electron chi connectivity index (χ1n) is 8.87. The van der Waals surface area contributed by atoms with Gasteiger partial charge in [0.25, 0.3) is 0 Å². The van der Waals surface area contributed by atoms with Crippen molar-refractivity contribution in [3.63, 3.8) is 0 Å². The van der Waals surface area contributed by atoms with Crippen LogP contribution in [0.15, 0.2) is 53.0 Å². The van der Waals surface area contributed by atoms with Crippen molar-refractivity contribution < 1.29 is 14.4 Å². The Labute approximate surface area is 171 Å². The Balaban J connectivity index is 1.51. The van der Waals surface area contributed by atoms with E-state index in [-0.39, 0.29) is 30.9 Å². The lowest BCUT2D eigenvalue weighted by Gasteiger charge is -2.33. The van der Waals surface area contributed by atoms with E-state index in [1.54, 1.807) is 12.1 Å². The summed E-state index contributed by atoms with van der Waals surface area (Å²) in [5, 5.41) is 5.59. The molecule has 7 nitrogen and oxygen atoms in total. The third-order valence-corrected chi connectivity index (χ3v) is 4.98. The molecule has 0 spiro atoms. The molecule has 1 fully saturated rings. The molecule has 2 aromatic carbocycles. The molecule has 4 amide bonds. The predicted octanol–water partition coefficient (Wildman–Crippen LogP) is 3.07. The van der Waals surface area contributed by atoms with Gasteiger partial charge in [0.15, 0.2) is 0 Å². The molecule has 0 aliphatic carbocycles. The van der Waals surface area contributed by atoms with Gasteiger partial charge in [-0.25, -0.2) is 4.79 Å². The van der Waals surface area contributed by atoms with Crippen molar-refractivity contribution in [3.8, 4) is 0 Å². The van der Waals surface area contributed by atoms with Crippen LogP contribution in [-0.4, -0.2) is 53.8 Å². The van der Waals surface area contributed by atoms with Gasteiger partial charge in [-0.2, -0.15) is 0 Å². The Kier molecular flexibility index (Phi) is 6.30. The number of nitrogens with zero attached hydrogens (tertiary/aromatic N) is 2. The van der Waals surface area contributed by atoms with Gasteiger partial charge in [-0.1, -0.05) is 34.1 Å². The molecule has 2 aromatic rings. The predicted molar refractivity (Wildman–Crippen MR) is 111 cm³/mol. The number of halogens is 1. The molecular formula is C20H21BrN4O3. The summed E-state index contributed by atoms with van der Waals surface area (Å²) in [6.07, 6.45) is 0. The van der Waals surface area contributed by atoms with E-state index in [0.29, 0.717) is 18.8 Å². The molecule has 1 aliphatic rings. The van der Waals surface area contributed by atoms with E-state index in [1.807, 2.05) is 43.3 Å². The fraction of sp³-hybridized carbons (Fsp3) is 0.250. The summed E-state index contributed by atoms with van der Waals surface area (Å²) in [5.74, 6) is -0.507. The van der Waals surface area contributed by atoms with Crippen LogP contribution in [0.1, 0.15) is 5.56 Å². The smallest absolute Gasteiger partial charge is 0.322 e. The van der Waals surface area contributed by atoms with Crippen molar-refractivity contribution in [2.45, 2.75) is 6.92 Å². The number of para-hydroxylation sites is 1. The van der Waals surface area contributed by atoms with E-state index in [2.05, 4.69) is 26.6 Å². The van der Waals surface area contributed by atoms with Crippen molar-refractivity contribution in [2.24, 2.45) is 0 Å². The first-order chi connectivity index (χ1) is 13.4. The number of anilines is 2. The highest BCUT2D eigenvalue weighted by atomic mass is 79.9. The van der Waals surface area contributed by atoms with Crippen LogP contribution in [0.4, 0.5) is 16.2 Å². The molecule has 3 rings (SSSR count). The normalized spacial score (nSPS) is 14.0. The number of aryl methyl sites for hydroxylation is 1. The van der Waals surface area contributed by atoms with Crippen LogP contribution in [0, 0.1) is 6.92 Å². The highest BCUT2D eigenvalue weighted by Gasteiger charge is 2.28. The molecule has 0 aromatic heterocycles. The Morgan fingerprint density at radius 2 is 1.75 bits per heavy atom. The summed E-state index contributed by atoms with van der Waals surface area (Å²) in [7, 11) is 0. The maximum Gasteiger partial charge on any atom is 0.322 e. The largest absolute Gasteiger partial charge is 0.330 e. The zero-order valence-electron chi connectivity index (χ0n) is 15.4. The van der Waals surface area contributed by atoms with E-state index >= 15 is 0 Å². The molecule has 8 heteroatoms. The van der Waals surface area contributed by atoms with Crippen molar-refractivity contribution in [1.82, 2.24) is 9.80 Å². The number of carbonyl (C=O) groups excluding carboxylic acids is 3. The van der Waals surface area contributed by atoms with Crippen LogP contribution >= 0.6 is 15.9 Å². The highest BCUT2D eigenvalue weighted by Crippen LogP contribution is 2.16. The number of nitrogens with one attached hydrogen (secondary N) is 2. The van der Waals surface area contributed by atoms with Gasteiger partial charge in [-0.15, -0.1) is 0 Å². The first kappa shape index (κ1) is 19.9. The van der Waals surface area contributed by atoms with E-state index in [9.17, 15) is 14.4 Å². The van der Waals surface area contributed by atoms with Crippen LogP contribution in [0.5, 0.6) is 0 Å². The Morgan fingerprint density at radius 1 is 1.04 bits per heavy atom. The minimum absolute atomic E-state index is 0.0324. The number of rotatable bonds is 4. The van der Waals surface area contributed by atoms with E-state index in [0.717, 1.165) is 15.7 Å². The second kappa shape index (κ2) is 8.88. The van der Waals surface area contributed by atoms with Crippen molar-refractivity contribution in [3.05, 3.63) is 58.6 Å². The van der Waals surface area contributed by atoms with Crippen LogP contribution in [0.3, 0.4) is 0 Å². The molecule has 0 saturated carbocycles. The van der Waals surface area contributed by atoms with E-state index in [4.69, 9.17) is 0 Å². The zero-order chi connectivity index (χ0) is 20.1. The molecule has 0 bridgehead atoms. The lowest BCUT2D eigenvalue weighted by molar-refractivity contribution is -0.137. The van der Waals surface area contributed by atoms with Crippen LogP contribution in [-0.2, 0) is 9.59 Å². The molecular weight excluding hydrogens is 424 g/mol. The maximum atomic E-state index is 12.4. The van der Waals surface area contributed by atoms with Gasteiger partial charge >= 0.3 is 6.03 Å². The highest BCUT2D eigenvalue weighted by molar-refractivity contribution is 9.10. The van der Waals surface area contributed by atoms with E-state index in [1.165, 1.54) is 9.80 Å². The number of hydrogen-bond donors (Lipinski definition) is 2. The van der Waals surface area contributed by atoms with Gasteiger partial charge in [-0.3, -0.25) is 9.59 Å². The standard InChI is InChI=1S/C20H21BrN4O3/c1-14-4-2-3-5-17(14)23-18(26)12-24-10-11-25(13-19(24)27)20(28)22-16-8-6-15(21)7-9-16/h2-9H,10-13H2,1H3,(H,22,28)(H,23,26). The Hall–Kier alpha value is -2.87. The fourth-order valence-corrected chi connectivity index (χ4v) is 3.13. The molecule has 1 heterocycles. The van der Waals surface area contributed by atoms with Crippen molar-refractivity contribution >= 4 is 45.2 Å². The van der Waals surface area contributed by atoms with Gasteiger partial charge in [0.1, 0.15) is 6.54 Å². The van der Waals surface area contributed by atoms with Crippen molar-refractivity contribution in [2.75, 3.05) is 36.8 Å². The summed E-state index contributed by atoms with van der Waals surface area (Å²) in [4.78, 5) is 39.9. The first-order valence-corrected chi connectivity index (χ1v) is 9.66. The average Bonchev–Trinajstić information content (AvgIpc) is 2.67. The average molecular weight is 445 g/mol. The summed E-state index contributed by atoms with van der Waals surface area (Å²) in [6.45, 7) is 2.50. The minimum Gasteiger partial charge on any atom is -0.330 e. The van der Waals surface area contributed by atoms with Crippen molar-refractivity contribution in [1.29, 1.82) is 0 Å². The van der Waals surface area contributed by atoms with Gasteiger partial charge in [0, 0.05) is 28.9 Å². The zero-order valence-corrected chi connectivity index (χ0v) is 17.0. The Morgan fingerprint density at radius 3 is 2.43 bits per heavy atom. The lowest BCUT2D eigenvalue weighted by Crippen LogP contribution is -2.54. The summed E-state index contributed by atoms with van der Waals surface area (Å²) < 4.78 is 0.915. The van der Waals surface area contributed by atoms with Gasteiger partial charge in [-0.05, 0) is 42.8 Å². The summed E-state index contributed by atoms with van der Waals surface area (Å²) in [5.41, 5.74) is 2.34. The maximum absolute atomic E-state index is 12.4.